The smallest absolute Gasteiger partial charge is 0.253 e. The van der Waals surface area contributed by atoms with Crippen LogP contribution in [0.2, 0.25) is 0 Å². The van der Waals surface area contributed by atoms with Crippen LogP contribution in [0.1, 0.15) is 53.7 Å². The molecule has 0 saturated carbocycles. The fraction of sp³-hybridized carbons (Fsp3) is 0.348. The molecule has 1 aromatic carbocycles. The Balaban J connectivity index is 2.04. The summed E-state index contributed by atoms with van der Waals surface area (Å²) in [6.45, 7) is 2.23. The highest BCUT2D eigenvalue weighted by atomic mass is 32.1. The molecular weight excluding hydrogens is 429 g/mol. The molecule has 1 aromatic heterocycles. The van der Waals surface area contributed by atoms with E-state index in [0.717, 1.165) is 25.7 Å². The molecule has 3 rings (SSSR count). The van der Waals surface area contributed by atoms with Gasteiger partial charge in [0.15, 0.2) is 5.11 Å². The molecule has 1 fully saturated rings. The average Bonchev–Trinajstić information content (AvgIpc) is 2.78. The predicted molar refractivity (Wildman–Crippen MR) is 124 cm³/mol. The van der Waals surface area contributed by atoms with E-state index in [1.807, 2.05) is 6.07 Å². The van der Waals surface area contributed by atoms with Crippen molar-refractivity contribution in [1.82, 2.24) is 10.3 Å². The van der Waals surface area contributed by atoms with Crippen molar-refractivity contribution in [3.63, 3.8) is 0 Å². The Morgan fingerprint density at radius 2 is 1.97 bits per heavy atom. The highest BCUT2D eigenvalue weighted by Crippen LogP contribution is 2.26. The van der Waals surface area contributed by atoms with E-state index in [2.05, 4.69) is 10.3 Å². The average molecular weight is 454 g/mol. The molecule has 1 N–H and O–H groups in total. The van der Waals surface area contributed by atoms with Crippen molar-refractivity contribution in [2.24, 2.45) is 0 Å². The summed E-state index contributed by atoms with van der Waals surface area (Å²) in [6.07, 6.45) is 5.14. The van der Waals surface area contributed by atoms with E-state index >= 15 is 0 Å². The number of thiocarbonyl (C=S) groups is 1. The maximum atomic E-state index is 14.7. The third-order valence-corrected chi connectivity index (χ3v) is 5.76. The second kappa shape index (κ2) is 10.3. The Morgan fingerprint density at radius 3 is 2.62 bits per heavy atom. The Kier molecular flexibility index (Phi) is 7.49. The molecule has 0 aliphatic carbocycles. The van der Waals surface area contributed by atoms with Crippen LogP contribution in [0, 0.1) is 24.1 Å². The number of carbonyl (C=O) groups excluding carboxylic acids is 2. The lowest BCUT2D eigenvalue weighted by molar-refractivity contribution is -0.117. The lowest BCUT2D eigenvalue weighted by Gasteiger charge is -2.33. The van der Waals surface area contributed by atoms with Crippen LogP contribution in [-0.4, -0.2) is 35.5 Å². The molecule has 0 unspecified atom stereocenters. The monoisotopic (exact) mass is 453 g/mol. The standard InChI is InChI=1S/C23H24FN5O2S/c1-15-11-17(14-27-20(15)13-25)29-21(30)7-5-3-4-6-10-28(23(29)32)16-8-9-18(19(24)12-16)22(31)26-2/h8-9,11-12,14H,3-7,10H2,1-2H3,(H,26,31). The molecule has 0 atom stereocenters. The molecule has 0 bridgehead atoms. The van der Waals surface area contributed by atoms with Gasteiger partial charge in [0, 0.05) is 25.7 Å². The Morgan fingerprint density at radius 1 is 1.22 bits per heavy atom. The third-order valence-electron chi connectivity index (χ3n) is 5.36. The second-order valence-corrected chi connectivity index (χ2v) is 7.91. The summed E-state index contributed by atoms with van der Waals surface area (Å²) >= 11 is 5.73. The molecule has 32 heavy (non-hydrogen) atoms. The van der Waals surface area contributed by atoms with Crippen molar-refractivity contribution < 1.29 is 14.0 Å². The van der Waals surface area contributed by atoms with E-state index in [1.54, 1.807) is 24.0 Å². The summed E-state index contributed by atoms with van der Waals surface area (Å²) in [6, 6.07) is 8.01. The predicted octanol–water partition coefficient (Wildman–Crippen LogP) is 3.85. The molecule has 0 spiro atoms. The number of anilines is 2. The molecule has 166 valence electrons. The topological polar surface area (TPSA) is 89.3 Å². The van der Waals surface area contributed by atoms with Gasteiger partial charge in [-0.25, -0.2) is 9.37 Å². The Bertz CT molecular complexity index is 1100. The van der Waals surface area contributed by atoms with Crippen molar-refractivity contribution >= 4 is 40.5 Å². The zero-order chi connectivity index (χ0) is 23.3. The van der Waals surface area contributed by atoms with Crippen LogP contribution in [0.15, 0.2) is 30.5 Å². The number of rotatable bonds is 3. The van der Waals surface area contributed by atoms with Gasteiger partial charge in [-0.1, -0.05) is 12.8 Å². The number of hydrogen-bond acceptors (Lipinski definition) is 5. The fourth-order valence-electron chi connectivity index (χ4n) is 3.62. The maximum Gasteiger partial charge on any atom is 0.253 e. The van der Waals surface area contributed by atoms with Gasteiger partial charge in [-0.15, -0.1) is 0 Å². The molecule has 1 aliphatic heterocycles. The van der Waals surface area contributed by atoms with Crippen LogP contribution in [0.25, 0.3) is 0 Å². The molecule has 0 radical (unpaired) electrons. The number of benzene rings is 1. The number of nitrogens with zero attached hydrogens (tertiary/aromatic N) is 4. The number of hydrogen-bond donors (Lipinski definition) is 1. The van der Waals surface area contributed by atoms with Crippen molar-refractivity contribution in [2.75, 3.05) is 23.4 Å². The van der Waals surface area contributed by atoms with Crippen molar-refractivity contribution in [2.45, 2.75) is 39.0 Å². The van der Waals surface area contributed by atoms with Crippen molar-refractivity contribution in [3.05, 3.63) is 53.1 Å². The minimum atomic E-state index is -0.671. The summed E-state index contributed by atoms with van der Waals surface area (Å²) in [5, 5.41) is 11.8. The quantitative estimate of drug-likeness (QED) is 0.710. The van der Waals surface area contributed by atoms with Gasteiger partial charge in [0.1, 0.15) is 17.6 Å². The lowest BCUT2D eigenvalue weighted by Crippen LogP contribution is -2.47. The number of aromatic nitrogens is 1. The molecule has 2 heterocycles. The zero-order valence-electron chi connectivity index (χ0n) is 18.0. The molecular formula is C23H24FN5O2S. The first-order chi connectivity index (χ1) is 15.4. The molecule has 9 heteroatoms. The van der Waals surface area contributed by atoms with Crippen LogP contribution in [0.3, 0.4) is 0 Å². The highest BCUT2D eigenvalue weighted by molar-refractivity contribution is 7.81. The van der Waals surface area contributed by atoms with E-state index in [-0.39, 0.29) is 22.3 Å². The van der Waals surface area contributed by atoms with E-state index in [1.165, 1.54) is 30.3 Å². The van der Waals surface area contributed by atoms with Crippen LogP contribution in [-0.2, 0) is 4.79 Å². The summed E-state index contributed by atoms with van der Waals surface area (Å²) in [4.78, 5) is 32.3. The number of nitrogens with one attached hydrogen (secondary N) is 1. The number of pyridine rings is 1. The molecule has 2 amide bonds. The Labute approximate surface area is 191 Å². The van der Waals surface area contributed by atoms with E-state index in [4.69, 9.17) is 12.2 Å². The maximum absolute atomic E-state index is 14.7. The summed E-state index contributed by atoms with van der Waals surface area (Å²) < 4.78 is 14.7. The minimum absolute atomic E-state index is 0.0666. The SMILES string of the molecule is CNC(=O)c1ccc(N2CCCCCCC(=O)N(c3cnc(C#N)c(C)c3)C2=S)cc1F. The molecule has 7 nitrogen and oxygen atoms in total. The van der Waals surface area contributed by atoms with Crippen LogP contribution in [0.4, 0.5) is 15.8 Å². The number of aryl methyl sites for hydroxylation is 1. The first kappa shape index (κ1) is 23.3. The second-order valence-electron chi connectivity index (χ2n) is 7.54. The number of nitriles is 1. The van der Waals surface area contributed by atoms with Crippen LogP contribution in [0.5, 0.6) is 0 Å². The van der Waals surface area contributed by atoms with Gasteiger partial charge in [0.05, 0.1) is 17.4 Å². The van der Waals surface area contributed by atoms with E-state index in [9.17, 15) is 19.2 Å². The van der Waals surface area contributed by atoms with Gasteiger partial charge in [0.2, 0.25) is 5.91 Å². The summed E-state index contributed by atoms with van der Waals surface area (Å²) in [5.74, 6) is -1.38. The lowest BCUT2D eigenvalue weighted by atomic mass is 10.1. The van der Waals surface area contributed by atoms with Gasteiger partial charge < -0.3 is 10.2 Å². The van der Waals surface area contributed by atoms with E-state index in [0.29, 0.717) is 29.9 Å². The Hall–Kier alpha value is -3.38. The first-order valence-electron chi connectivity index (χ1n) is 10.4. The third kappa shape index (κ3) is 4.92. The number of carbonyl (C=O) groups is 2. The first-order valence-corrected chi connectivity index (χ1v) is 10.8. The fourth-order valence-corrected chi connectivity index (χ4v) is 4.02. The summed E-state index contributed by atoms with van der Waals surface area (Å²) in [7, 11) is 1.44. The number of halogens is 1. The van der Waals surface area contributed by atoms with Crippen LogP contribution >= 0.6 is 12.2 Å². The molecule has 1 aliphatic rings. The van der Waals surface area contributed by atoms with Crippen molar-refractivity contribution in [3.8, 4) is 6.07 Å². The van der Waals surface area contributed by atoms with Gasteiger partial charge in [0.25, 0.3) is 5.91 Å². The highest BCUT2D eigenvalue weighted by Gasteiger charge is 2.27. The molecule has 2 aromatic rings. The van der Waals surface area contributed by atoms with Gasteiger partial charge in [-0.2, -0.15) is 5.26 Å². The largest absolute Gasteiger partial charge is 0.355 e. The number of amides is 2. The van der Waals surface area contributed by atoms with Crippen LogP contribution < -0.4 is 15.1 Å². The summed E-state index contributed by atoms with van der Waals surface area (Å²) in [5.41, 5.74) is 1.76. The zero-order valence-corrected chi connectivity index (χ0v) is 18.8. The van der Waals surface area contributed by atoms with Gasteiger partial charge in [-0.3, -0.25) is 14.5 Å². The van der Waals surface area contributed by atoms with Gasteiger partial charge >= 0.3 is 0 Å². The van der Waals surface area contributed by atoms with Crippen molar-refractivity contribution in [1.29, 1.82) is 5.26 Å². The normalized spacial score (nSPS) is 15.3. The minimum Gasteiger partial charge on any atom is -0.355 e. The molecule has 1 saturated heterocycles. The van der Waals surface area contributed by atoms with Gasteiger partial charge in [-0.05, 0) is 61.8 Å². The van der Waals surface area contributed by atoms with E-state index < -0.39 is 11.7 Å².